The molecule has 1 rings (SSSR count). The number of halogens is 2. The van der Waals surface area contributed by atoms with Gasteiger partial charge in [-0.2, -0.15) is 0 Å². The van der Waals surface area contributed by atoms with Crippen LogP contribution in [0.5, 0.6) is 0 Å². The first-order valence-electron chi connectivity index (χ1n) is 5.58. The van der Waals surface area contributed by atoms with Crippen LogP contribution in [0.4, 0.5) is 5.69 Å². The van der Waals surface area contributed by atoms with Crippen molar-refractivity contribution in [2.75, 3.05) is 25.1 Å². The van der Waals surface area contributed by atoms with E-state index in [0.717, 1.165) is 5.69 Å². The molecule has 0 aliphatic rings. The monoisotopic (exact) mass is 277 g/mol. The normalized spacial score (nSPS) is 10.9. The summed E-state index contributed by atoms with van der Waals surface area (Å²) in [5.74, 6) is 0. The Bertz CT molecular complexity index is 321. The largest absolute Gasteiger partial charge is 0.380 e. The van der Waals surface area contributed by atoms with Gasteiger partial charge in [0.05, 0.1) is 6.54 Å². The van der Waals surface area contributed by atoms with Crippen molar-refractivity contribution < 1.29 is 9.47 Å². The van der Waals surface area contributed by atoms with Crippen molar-refractivity contribution in [1.82, 2.24) is 0 Å². The van der Waals surface area contributed by atoms with Gasteiger partial charge in [-0.1, -0.05) is 23.2 Å². The van der Waals surface area contributed by atoms with Gasteiger partial charge in [0.15, 0.2) is 6.29 Å². The van der Waals surface area contributed by atoms with Crippen LogP contribution in [-0.4, -0.2) is 26.0 Å². The third kappa shape index (κ3) is 5.59. The maximum Gasteiger partial charge on any atom is 0.174 e. The van der Waals surface area contributed by atoms with Gasteiger partial charge in [-0.05, 0) is 32.0 Å². The summed E-state index contributed by atoms with van der Waals surface area (Å²) in [5, 5.41) is 4.38. The third-order valence-electron chi connectivity index (χ3n) is 2.04. The lowest BCUT2D eigenvalue weighted by molar-refractivity contribution is -0.126. The van der Waals surface area contributed by atoms with Crippen molar-refractivity contribution in [2.45, 2.75) is 20.1 Å². The van der Waals surface area contributed by atoms with Gasteiger partial charge in [0.1, 0.15) is 0 Å². The molecule has 5 heteroatoms. The second-order valence-electron chi connectivity index (χ2n) is 3.38. The summed E-state index contributed by atoms with van der Waals surface area (Å²) in [5.41, 5.74) is 0.854. The van der Waals surface area contributed by atoms with Gasteiger partial charge in [0.2, 0.25) is 0 Å². The molecule has 17 heavy (non-hydrogen) atoms. The van der Waals surface area contributed by atoms with Gasteiger partial charge in [-0.15, -0.1) is 0 Å². The number of hydrogen-bond acceptors (Lipinski definition) is 3. The van der Waals surface area contributed by atoms with Crippen LogP contribution < -0.4 is 5.32 Å². The number of hydrogen-bond donors (Lipinski definition) is 1. The molecule has 0 bridgehead atoms. The number of ether oxygens (including phenoxy) is 2. The fourth-order valence-electron chi connectivity index (χ4n) is 1.39. The van der Waals surface area contributed by atoms with E-state index >= 15 is 0 Å². The van der Waals surface area contributed by atoms with Gasteiger partial charge in [0.25, 0.3) is 0 Å². The summed E-state index contributed by atoms with van der Waals surface area (Å²) >= 11 is 11.8. The maximum absolute atomic E-state index is 5.90. The lowest BCUT2D eigenvalue weighted by Crippen LogP contribution is -2.26. The Morgan fingerprint density at radius 1 is 1.06 bits per heavy atom. The summed E-state index contributed by atoms with van der Waals surface area (Å²) in [7, 11) is 0. The Hall–Kier alpha value is -0.480. The molecule has 0 aliphatic heterocycles. The quantitative estimate of drug-likeness (QED) is 0.769. The third-order valence-corrected chi connectivity index (χ3v) is 2.48. The minimum Gasteiger partial charge on any atom is -0.380 e. The molecule has 0 unspecified atom stereocenters. The average Bonchev–Trinajstić information content (AvgIpc) is 2.25. The van der Waals surface area contributed by atoms with Crippen molar-refractivity contribution in [3.63, 3.8) is 0 Å². The second-order valence-corrected chi connectivity index (χ2v) is 4.25. The minimum absolute atomic E-state index is 0.261. The molecule has 96 valence electrons. The van der Waals surface area contributed by atoms with Crippen LogP contribution in [0.3, 0.4) is 0 Å². The summed E-state index contributed by atoms with van der Waals surface area (Å²) in [6, 6.07) is 5.31. The van der Waals surface area contributed by atoms with E-state index in [1.807, 2.05) is 26.0 Å². The molecule has 0 amide bonds. The molecule has 1 aromatic carbocycles. The maximum atomic E-state index is 5.90. The molecule has 0 saturated heterocycles. The molecular formula is C12H17Cl2NO2. The predicted octanol–water partition coefficient (Wildman–Crippen LogP) is 3.80. The lowest BCUT2D eigenvalue weighted by atomic mass is 10.3. The first-order valence-corrected chi connectivity index (χ1v) is 6.34. The van der Waals surface area contributed by atoms with Crippen molar-refractivity contribution >= 4 is 28.9 Å². The summed E-state index contributed by atoms with van der Waals surface area (Å²) in [4.78, 5) is 0. The zero-order chi connectivity index (χ0) is 12.7. The number of nitrogens with one attached hydrogen (secondary N) is 1. The predicted molar refractivity (Wildman–Crippen MR) is 72.0 cm³/mol. The Kier molecular flexibility index (Phi) is 6.66. The molecule has 3 nitrogen and oxygen atoms in total. The summed E-state index contributed by atoms with van der Waals surface area (Å²) < 4.78 is 10.8. The van der Waals surface area contributed by atoms with E-state index in [0.29, 0.717) is 29.8 Å². The van der Waals surface area contributed by atoms with E-state index in [1.165, 1.54) is 0 Å². The highest BCUT2D eigenvalue weighted by Crippen LogP contribution is 2.22. The zero-order valence-corrected chi connectivity index (χ0v) is 11.5. The van der Waals surface area contributed by atoms with Crippen LogP contribution in [0.2, 0.25) is 10.0 Å². The van der Waals surface area contributed by atoms with Crippen molar-refractivity contribution in [3.8, 4) is 0 Å². The standard InChI is InChI=1S/C12H17Cl2NO2/c1-3-16-12(17-4-2)8-15-11-6-9(13)5-10(14)7-11/h5-7,12,15H,3-4,8H2,1-2H3. The first-order chi connectivity index (χ1) is 8.15. The van der Waals surface area contributed by atoms with Gasteiger partial charge in [-0.25, -0.2) is 0 Å². The Labute approximate surface area is 112 Å². The minimum atomic E-state index is -0.261. The summed E-state index contributed by atoms with van der Waals surface area (Å²) in [6.07, 6.45) is -0.261. The molecule has 1 aromatic rings. The molecule has 0 saturated carbocycles. The molecule has 0 spiro atoms. The van der Waals surface area contributed by atoms with Gasteiger partial charge < -0.3 is 14.8 Å². The van der Waals surface area contributed by atoms with Crippen molar-refractivity contribution in [3.05, 3.63) is 28.2 Å². The van der Waals surface area contributed by atoms with Gasteiger partial charge in [-0.3, -0.25) is 0 Å². The van der Waals surface area contributed by atoms with Crippen LogP contribution in [0.15, 0.2) is 18.2 Å². The molecule has 0 aliphatic carbocycles. The molecule has 0 atom stereocenters. The van der Waals surface area contributed by atoms with Crippen LogP contribution in [0.25, 0.3) is 0 Å². The average molecular weight is 278 g/mol. The molecule has 1 N–H and O–H groups in total. The van der Waals surface area contributed by atoms with Gasteiger partial charge in [0, 0.05) is 28.9 Å². The molecule has 0 heterocycles. The van der Waals surface area contributed by atoms with Crippen molar-refractivity contribution in [1.29, 1.82) is 0 Å². The SMILES string of the molecule is CCOC(CNc1cc(Cl)cc(Cl)c1)OCC. The van der Waals surface area contributed by atoms with Crippen LogP contribution in [0, 0.1) is 0 Å². The number of rotatable bonds is 7. The van der Waals surface area contributed by atoms with Crippen LogP contribution in [-0.2, 0) is 9.47 Å². The second kappa shape index (κ2) is 7.77. The lowest BCUT2D eigenvalue weighted by Gasteiger charge is -2.18. The number of benzene rings is 1. The van der Waals surface area contributed by atoms with Gasteiger partial charge >= 0.3 is 0 Å². The Balaban J connectivity index is 2.52. The Morgan fingerprint density at radius 3 is 2.06 bits per heavy atom. The fraction of sp³-hybridized carbons (Fsp3) is 0.500. The molecule has 0 fully saturated rings. The first kappa shape index (κ1) is 14.6. The van der Waals surface area contributed by atoms with E-state index in [2.05, 4.69) is 5.32 Å². The van der Waals surface area contributed by atoms with Crippen molar-refractivity contribution in [2.24, 2.45) is 0 Å². The van der Waals surface area contributed by atoms with E-state index in [4.69, 9.17) is 32.7 Å². The number of anilines is 1. The Morgan fingerprint density at radius 2 is 1.59 bits per heavy atom. The smallest absolute Gasteiger partial charge is 0.174 e. The molecule has 0 radical (unpaired) electrons. The topological polar surface area (TPSA) is 30.5 Å². The molecule has 0 aromatic heterocycles. The summed E-state index contributed by atoms with van der Waals surface area (Å²) in [6.45, 7) is 5.65. The fourth-order valence-corrected chi connectivity index (χ4v) is 1.92. The van der Waals surface area contributed by atoms with E-state index in [1.54, 1.807) is 6.07 Å². The highest BCUT2D eigenvalue weighted by molar-refractivity contribution is 6.35. The highest BCUT2D eigenvalue weighted by Gasteiger charge is 2.07. The van der Waals surface area contributed by atoms with Crippen LogP contribution in [0.1, 0.15) is 13.8 Å². The van der Waals surface area contributed by atoms with E-state index in [9.17, 15) is 0 Å². The van der Waals surface area contributed by atoms with E-state index < -0.39 is 0 Å². The van der Waals surface area contributed by atoms with E-state index in [-0.39, 0.29) is 6.29 Å². The van der Waals surface area contributed by atoms with Crippen LogP contribution >= 0.6 is 23.2 Å². The highest BCUT2D eigenvalue weighted by atomic mass is 35.5. The zero-order valence-electron chi connectivity index (χ0n) is 10.0. The molecular weight excluding hydrogens is 261 g/mol.